The number of fused-ring (bicyclic) bond motifs is 1. The van der Waals surface area contributed by atoms with Crippen molar-refractivity contribution in [2.75, 3.05) is 0 Å². The van der Waals surface area contributed by atoms with Crippen LogP contribution >= 0.6 is 0 Å². The molecule has 2 aromatic heterocycles. The molecule has 0 radical (unpaired) electrons. The van der Waals surface area contributed by atoms with Crippen LogP contribution in [0.25, 0.3) is 5.78 Å². The molecule has 0 aliphatic rings. The van der Waals surface area contributed by atoms with Gasteiger partial charge in [-0.25, -0.2) is 9.97 Å². The van der Waals surface area contributed by atoms with Crippen LogP contribution in [0.2, 0.25) is 0 Å². The van der Waals surface area contributed by atoms with Gasteiger partial charge in [0.1, 0.15) is 5.69 Å². The zero-order valence-corrected chi connectivity index (χ0v) is 7.14. The minimum atomic E-state index is -0.663. The quantitative estimate of drug-likeness (QED) is 0.567. The van der Waals surface area contributed by atoms with E-state index in [0.29, 0.717) is 11.5 Å². The van der Waals surface area contributed by atoms with E-state index in [1.165, 1.54) is 6.20 Å². The van der Waals surface area contributed by atoms with E-state index in [-0.39, 0.29) is 0 Å². The predicted molar refractivity (Wildman–Crippen MR) is 49.1 cm³/mol. The van der Waals surface area contributed by atoms with Gasteiger partial charge in [0.15, 0.2) is 0 Å². The van der Waals surface area contributed by atoms with E-state index in [2.05, 4.69) is 21.8 Å². The van der Waals surface area contributed by atoms with Crippen molar-refractivity contribution in [3.05, 3.63) is 30.4 Å². The van der Waals surface area contributed by atoms with Crippen molar-refractivity contribution in [3.8, 4) is 11.8 Å². The molecular formula is C9H6N4O. The Balaban J connectivity index is 2.55. The maximum Gasteiger partial charge on any atom is 0.293 e. The van der Waals surface area contributed by atoms with Crippen molar-refractivity contribution in [2.24, 2.45) is 5.73 Å². The third-order valence-corrected chi connectivity index (χ3v) is 1.60. The first-order valence-electron chi connectivity index (χ1n) is 3.87. The molecule has 5 nitrogen and oxygen atoms in total. The number of rotatable bonds is 0. The van der Waals surface area contributed by atoms with E-state index in [4.69, 9.17) is 5.73 Å². The SMILES string of the molecule is NC(=O)C#Cc1cnc2ncccn12. The number of amides is 1. The van der Waals surface area contributed by atoms with Gasteiger partial charge in [0.25, 0.3) is 5.91 Å². The Kier molecular flexibility index (Phi) is 1.88. The number of nitrogens with zero attached hydrogens (tertiary/aromatic N) is 3. The Bertz CT molecular complexity index is 546. The summed E-state index contributed by atoms with van der Waals surface area (Å²) in [7, 11) is 0. The number of imidazole rings is 1. The molecule has 0 fully saturated rings. The number of carbonyl (C=O) groups excluding carboxylic acids is 1. The molecule has 68 valence electrons. The van der Waals surface area contributed by atoms with Gasteiger partial charge >= 0.3 is 0 Å². The first-order chi connectivity index (χ1) is 6.77. The summed E-state index contributed by atoms with van der Waals surface area (Å²) in [5, 5.41) is 0. The van der Waals surface area contributed by atoms with Gasteiger partial charge in [-0.3, -0.25) is 9.20 Å². The van der Waals surface area contributed by atoms with Crippen molar-refractivity contribution < 1.29 is 4.79 Å². The third-order valence-electron chi connectivity index (χ3n) is 1.60. The van der Waals surface area contributed by atoms with Gasteiger partial charge in [0.05, 0.1) is 6.20 Å². The Labute approximate surface area is 79.6 Å². The van der Waals surface area contributed by atoms with Crippen molar-refractivity contribution >= 4 is 11.7 Å². The topological polar surface area (TPSA) is 73.3 Å². The lowest BCUT2D eigenvalue weighted by molar-refractivity contribution is -0.112. The molecule has 0 bridgehead atoms. The second-order valence-electron chi connectivity index (χ2n) is 2.55. The van der Waals surface area contributed by atoms with Gasteiger partial charge in [-0.05, 0) is 12.0 Å². The third kappa shape index (κ3) is 1.41. The Morgan fingerprint density at radius 1 is 1.50 bits per heavy atom. The van der Waals surface area contributed by atoms with Crippen molar-refractivity contribution in [1.82, 2.24) is 14.4 Å². The molecule has 1 amide bonds. The van der Waals surface area contributed by atoms with Crippen LogP contribution in [0, 0.1) is 11.8 Å². The number of aromatic nitrogens is 3. The van der Waals surface area contributed by atoms with Crippen molar-refractivity contribution in [2.45, 2.75) is 0 Å². The van der Waals surface area contributed by atoms with E-state index >= 15 is 0 Å². The van der Waals surface area contributed by atoms with Crippen LogP contribution in [0.3, 0.4) is 0 Å². The molecule has 0 unspecified atom stereocenters. The molecule has 0 saturated heterocycles. The van der Waals surface area contributed by atoms with Crippen LogP contribution in [0.5, 0.6) is 0 Å². The van der Waals surface area contributed by atoms with Crippen LogP contribution in [-0.4, -0.2) is 20.3 Å². The average Bonchev–Trinajstić information content (AvgIpc) is 2.58. The van der Waals surface area contributed by atoms with Crippen LogP contribution in [0.15, 0.2) is 24.7 Å². The molecular weight excluding hydrogens is 180 g/mol. The van der Waals surface area contributed by atoms with Gasteiger partial charge in [-0.15, -0.1) is 0 Å². The molecule has 0 aliphatic heterocycles. The highest BCUT2D eigenvalue weighted by Gasteiger charge is 1.98. The van der Waals surface area contributed by atoms with E-state index < -0.39 is 5.91 Å². The number of hydrogen-bond acceptors (Lipinski definition) is 3. The maximum absolute atomic E-state index is 10.4. The summed E-state index contributed by atoms with van der Waals surface area (Å²) in [6.07, 6.45) is 4.94. The van der Waals surface area contributed by atoms with Gasteiger partial charge in [0.2, 0.25) is 5.78 Å². The molecule has 5 heteroatoms. The molecule has 0 aliphatic carbocycles. The standard InChI is InChI=1S/C9H6N4O/c10-8(14)3-2-7-6-12-9-11-4-1-5-13(7)9/h1,4-6H,(H2,10,14). The lowest BCUT2D eigenvalue weighted by Crippen LogP contribution is -2.06. The molecule has 2 N–H and O–H groups in total. The summed E-state index contributed by atoms with van der Waals surface area (Å²) in [5.74, 6) is 4.72. The normalized spacial score (nSPS) is 9.43. The molecule has 14 heavy (non-hydrogen) atoms. The number of carbonyl (C=O) groups is 1. The fraction of sp³-hybridized carbons (Fsp3) is 0. The number of primary amides is 1. The Morgan fingerprint density at radius 2 is 2.36 bits per heavy atom. The minimum Gasteiger partial charge on any atom is -0.359 e. The summed E-state index contributed by atoms with van der Waals surface area (Å²) in [6.45, 7) is 0. The van der Waals surface area contributed by atoms with E-state index in [1.807, 2.05) is 0 Å². The molecule has 0 saturated carbocycles. The average molecular weight is 186 g/mol. The van der Waals surface area contributed by atoms with Gasteiger partial charge in [0, 0.05) is 18.3 Å². The molecule has 2 rings (SSSR count). The van der Waals surface area contributed by atoms with E-state index in [9.17, 15) is 4.79 Å². The van der Waals surface area contributed by atoms with Gasteiger partial charge in [-0.2, -0.15) is 0 Å². The fourth-order valence-electron chi connectivity index (χ4n) is 1.05. The number of nitrogens with two attached hydrogens (primary N) is 1. The smallest absolute Gasteiger partial charge is 0.293 e. The molecule has 2 heterocycles. The molecule has 2 aromatic rings. The highest BCUT2D eigenvalue weighted by atomic mass is 16.1. The van der Waals surface area contributed by atoms with Crippen LogP contribution in [-0.2, 0) is 4.79 Å². The maximum atomic E-state index is 10.4. The van der Waals surface area contributed by atoms with E-state index in [1.54, 1.807) is 22.9 Å². The summed E-state index contributed by atoms with van der Waals surface area (Å²) < 4.78 is 1.68. The lowest BCUT2D eigenvalue weighted by atomic mass is 10.4. The van der Waals surface area contributed by atoms with Gasteiger partial charge < -0.3 is 5.73 Å². The minimum absolute atomic E-state index is 0.543. The van der Waals surface area contributed by atoms with Crippen molar-refractivity contribution in [3.63, 3.8) is 0 Å². The molecule has 0 spiro atoms. The Morgan fingerprint density at radius 3 is 3.14 bits per heavy atom. The van der Waals surface area contributed by atoms with E-state index in [0.717, 1.165) is 0 Å². The highest BCUT2D eigenvalue weighted by Crippen LogP contribution is 2.00. The van der Waals surface area contributed by atoms with Gasteiger partial charge in [-0.1, -0.05) is 0 Å². The predicted octanol–water partition coefficient (Wildman–Crippen LogP) is -0.434. The monoisotopic (exact) mass is 186 g/mol. The van der Waals surface area contributed by atoms with Crippen molar-refractivity contribution in [1.29, 1.82) is 0 Å². The van der Waals surface area contributed by atoms with Crippen LogP contribution in [0.1, 0.15) is 5.69 Å². The summed E-state index contributed by atoms with van der Waals surface area (Å²) in [4.78, 5) is 18.4. The summed E-state index contributed by atoms with van der Waals surface area (Å²) in [6, 6.07) is 1.75. The summed E-state index contributed by atoms with van der Waals surface area (Å²) in [5.41, 5.74) is 5.48. The zero-order chi connectivity index (χ0) is 9.97. The van der Waals surface area contributed by atoms with Crippen LogP contribution in [0.4, 0.5) is 0 Å². The molecule has 0 aromatic carbocycles. The number of hydrogen-bond donors (Lipinski definition) is 1. The Hall–Kier alpha value is -2.35. The zero-order valence-electron chi connectivity index (χ0n) is 7.14. The second-order valence-corrected chi connectivity index (χ2v) is 2.55. The second kappa shape index (κ2) is 3.18. The van der Waals surface area contributed by atoms with Crippen LogP contribution < -0.4 is 5.73 Å². The lowest BCUT2D eigenvalue weighted by Gasteiger charge is -1.90. The first kappa shape index (κ1) is 8.26. The molecule has 0 atom stereocenters. The highest BCUT2D eigenvalue weighted by molar-refractivity contribution is 5.92. The first-order valence-corrected chi connectivity index (χ1v) is 3.87. The largest absolute Gasteiger partial charge is 0.359 e. The summed E-state index contributed by atoms with van der Waals surface area (Å²) >= 11 is 0. The fourth-order valence-corrected chi connectivity index (χ4v) is 1.05.